The molecule has 0 atom stereocenters. The van der Waals surface area contributed by atoms with Crippen LogP contribution in [0.15, 0.2) is 18.2 Å². The molecular weight excluding hydrogens is 243 g/mol. The molecule has 1 aromatic rings. The van der Waals surface area contributed by atoms with E-state index in [-0.39, 0.29) is 17.8 Å². The van der Waals surface area contributed by atoms with Crippen LogP contribution in [0.3, 0.4) is 0 Å². The van der Waals surface area contributed by atoms with Crippen molar-refractivity contribution in [2.24, 2.45) is 0 Å². The second kappa shape index (κ2) is 6.15. The topological polar surface area (TPSA) is 41.1 Å². The SMILES string of the molecule is CNC1CCC(NC(=O)c2ccc(F)c(C)c2)CC1. The van der Waals surface area contributed by atoms with Gasteiger partial charge in [-0.2, -0.15) is 0 Å². The fourth-order valence-electron chi connectivity index (χ4n) is 2.58. The summed E-state index contributed by atoms with van der Waals surface area (Å²) in [5, 5.41) is 6.31. The normalized spacial score (nSPS) is 23.1. The van der Waals surface area contributed by atoms with Crippen LogP contribution in [0.2, 0.25) is 0 Å². The van der Waals surface area contributed by atoms with Gasteiger partial charge < -0.3 is 10.6 Å². The van der Waals surface area contributed by atoms with E-state index in [9.17, 15) is 9.18 Å². The highest BCUT2D eigenvalue weighted by molar-refractivity contribution is 5.94. The Kier molecular flexibility index (Phi) is 4.53. The minimum absolute atomic E-state index is 0.101. The number of amides is 1. The lowest BCUT2D eigenvalue weighted by molar-refractivity contribution is 0.0924. The Morgan fingerprint density at radius 2 is 1.84 bits per heavy atom. The first kappa shape index (κ1) is 14.0. The van der Waals surface area contributed by atoms with Crippen molar-refractivity contribution in [1.82, 2.24) is 10.6 Å². The molecule has 1 aliphatic carbocycles. The number of nitrogens with one attached hydrogen (secondary N) is 2. The lowest BCUT2D eigenvalue weighted by atomic mass is 9.91. The first-order chi connectivity index (χ1) is 9.10. The Morgan fingerprint density at radius 3 is 2.42 bits per heavy atom. The molecule has 0 spiro atoms. The second-order valence-corrected chi connectivity index (χ2v) is 5.27. The zero-order chi connectivity index (χ0) is 13.8. The van der Waals surface area contributed by atoms with E-state index < -0.39 is 0 Å². The molecule has 104 valence electrons. The molecule has 0 unspecified atom stereocenters. The van der Waals surface area contributed by atoms with Crippen LogP contribution in [-0.4, -0.2) is 25.0 Å². The summed E-state index contributed by atoms with van der Waals surface area (Å²) in [6.45, 7) is 1.67. The summed E-state index contributed by atoms with van der Waals surface area (Å²) in [6.07, 6.45) is 4.17. The molecule has 3 nitrogen and oxygen atoms in total. The molecule has 19 heavy (non-hydrogen) atoms. The minimum Gasteiger partial charge on any atom is -0.349 e. The molecule has 1 aliphatic rings. The molecule has 1 aromatic carbocycles. The third kappa shape index (κ3) is 3.53. The van der Waals surface area contributed by atoms with Crippen LogP contribution in [-0.2, 0) is 0 Å². The zero-order valence-electron chi connectivity index (χ0n) is 11.5. The number of hydrogen-bond acceptors (Lipinski definition) is 2. The Hall–Kier alpha value is -1.42. The largest absolute Gasteiger partial charge is 0.349 e. The molecule has 1 amide bonds. The molecule has 4 heteroatoms. The minimum atomic E-state index is -0.272. The van der Waals surface area contributed by atoms with Gasteiger partial charge in [-0.25, -0.2) is 4.39 Å². The fourth-order valence-corrected chi connectivity index (χ4v) is 2.58. The van der Waals surface area contributed by atoms with Gasteiger partial charge in [0.25, 0.3) is 5.91 Å². The number of carbonyl (C=O) groups is 1. The van der Waals surface area contributed by atoms with Gasteiger partial charge in [0.1, 0.15) is 5.82 Å². The van der Waals surface area contributed by atoms with Crippen LogP contribution in [0.5, 0.6) is 0 Å². The molecule has 2 rings (SSSR count). The maximum absolute atomic E-state index is 13.2. The lowest BCUT2D eigenvalue weighted by Crippen LogP contribution is -2.41. The molecule has 2 N–H and O–H groups in total. The van der Waals surface area contributed by atoms with Gasteiger partial charge in [0, 0.05) is 17.6 Å². The number of aryl methyl sites for hydroxylation is 1. The van der Waals surface area contributed by atoms with E-state index in [0.29, 0.717) is 17.2 Å². The highest BCUT2D eigenvalue weighted by atomic mass is 19.1. The van der Waals surface area contributed by atoms with Crippen LogP contribution in [0.1, 0.15) is 41.6 Å². The molecule has 0 radical (unpaired) electrons. The van der Waals surface area contributed by atoms with Gasteiger partial charge in [-0.15, -0.1) is 0 Å². The van der Waals surface area contributed by atoms with Crippen molar-refractivity contribution >= 4 is 5.91 Å². The van der Waals surface area contributed by atoms with Gasteiger partial charge in [-0.05, 0) is 63.4 Å². The Labute approximate surface area is 113 Å². The van der Waals surface area contributed by atoms with Crippen LogP contribution in [0.4, 0.5) is 4.39 Å². The summed E-state index contributed by atoms with van der Waals surface area (Å²) < 4.78 is 13.2. The number of benzene rings is 1. The molecular formula is C15H21FN2O. The summed E-state index contributed by atoms with van der Waals surface area (Å²) in [4.78, 5) is 12.1. The molecule has 0 bridgehead atoms. The molecule has 0 aliphatic heterocycles. The fraction of sp³-hybridized carbons (Fsp3) is 0.533. The Bertz CT molecular complexity index is 453. The van der Waals surface area contributed by atoms with Crippen molar-refractivity contribution in [3.05, 3.63) is 35.1 Å². The van der Waals surface area contributed by atoms with E-state index >= 15 is 0 Å². The van der Waals surface area contributed by atoms with Gasteiger partial charge in [-0.1, -0.05) is 0 Å². The number of hydrogen-bond donors (Lipinski definition) is 2. The first-order valence-electron chi connectivity index (χ1n) is 6.84. The highest BCUT2D eigenvalue weighted by Crippen LogP contribution is 2.19. The van der Waals surface area contributed by atoms with Crippen LogP contribution in [0.25, 0.3) is 0 Å². The summed E-state index contributed by atoms with van der Waals surface area (Å²) in [5.74, 6) is -0.373. The van der Waals surface area contributed by atoms with E-state index in [1.807, 2.05) is 7.05 Å². The predicted molar refractivity (Wildman–Crippen MR) is 73.7 cm³/mol. The standard InChI is InChI=1S/C15H21FN2O/c1-10-9-11(3-8-14(10)16)15(19)18-13-6-4-12(17-2)5-7-13/h3,8-9,12-13,17H,4-7H2,1-2H3,(H,18,19). The maximum atomic E-state index is 13.2. The number of carbonyl (C=O) groups excluding carboxylic acids is 1. The average Bonchev–Trinajstić information content (AvgIpc) is 2.42. The lowest BCUT2D eigenvalue weighted by Gasteiger charge is -2.28. The summed E-state index contributed by atoms with van der Waals surface area (Å²) in [6, 6.07) is 5.30. The number of halogens is 1. The predicted octanol–water partition coefficient (Wildman–Crippen LogP) is 2.39. The smallest absolute Gasteiger partial charge is 0.251 e. The van der Waals surface area contributed by atoms with Crippen LogP contribution in [0, 0.1) is 12.7 Å². The molecule has 1 fully saturated rings. The van der Waals surface area contributed by atoms with Crippen LogP contribution < -0.4 is 10.6 Å². The van der Waals surface area contributed by atoms with E-state index in [1.54, 1.807) is 13.0 Å². The summed E-state index contributed by atoms with van der Waals surface area (Å²) in [7, 11) is 1.98. The van der Waals surface area contributed by atoms with E-state index in [1.165, 1.54) is 12.1 Å². The number of rotatable bonds is 3. The Morgan fingerprint density at radius 1 is 1.21 bits per heavy atom. The maximum Gasteiger partial charge on any atom is 0.251 e. The van der Waals surface area contributed by atoms with Crippen LogP contribution >= 0.6 is 0 Å². The van der Waals surface area contributed by atoms with Gasteiger partial charge in [0.05, 0.1) is 0 Å². The van der Waals surface area contributed by atoms with Crippen molar-refractivity contribution in [2.45, 2.75) is 44.7 Å². The molecule has 0 heterocycles. The second-order valence-electron chi connectivity index (χ2n) is 5.27. The van der Waals surface area contributed by atoms with Crippen molar-refractivity contribution in [3.8, 4) is 0 Å². The summed E-state index contributed by atoms with van der Waals surface area (Å²) >= 11 is 0. The van der Waals surface area contributed by atoms with Gasteiger partial charge in [-0.3, -0.25) is 4.79 Å². The monoisotopic (exact) mass is 264 g/mol. The van der Waals surface area contributed by atoms with E-state index in [4.69, 9.17) is 0 Å². The average molecular weight is 264 g/mol. The third-order valence-corrected chi connectivity index (χ3v) is 3.89. The van der Waals surface area contributed by atoms with Crippen molar-refractivity contribution in [1.29, 1.82) is 0 Å². The summed E-state index contributed by atoms with van der Waals surface area (Å²) in [5.41, 5.74) is 1.04. The van der Waals surface area contributed by atoms with Gasteiger partial charge >= 0.3 is 0 Å². The first-order valence-corrected chi connectivity index (χ1v) is 6.84. The zero-order valence-corrected chi connectivity index (χ0v) is 11.5. The molecule has 1 saturated carbocycles. The molecule has 0 aromatic heterocycles. The highest BCUT2D eigenvalue weighted by Gasteiger charge is 2.21. The van der Waals surface area contributed by atoms with Crippen molar-refractivity contribution in [3.63, 3.8) is 0 Å². The van der Waals surface area contributed by atoms with E-state index in [0.717, 1.165) is 25.7 Å². The van der Waals surface area contributed by atoms with Gasteiger partial charge in [0.15, 0.2) is 0 Å². The van der Waals surface area contributed by atoms with Crippen molar-refractivity contribution < 1.29 is 9.18 Å². The Balaban J connectivity index is 1.92. The third-order valence-electron chi connectivity index (χ3n) is 3.89. The quantitative estimate of drug-likeness (QED) is 0.880. The van der Waals surface area contributed by atoms with E-state index in [2.05, 4.69) is 10.6 Å². The van der Waals surface area contributed by atoms with Crippen molar-refractivity contribution in [2.75, 3.05) is 7.05 Å². The molecule has 0 saturated heterocycles. The van der Waals surface area contributed by atoms with Gasteiger partial charge in [0.2, 0.25) is 0 Å².